The number of halogens is 1. The molecule has 0 heterocycles. The van der Waals surface area contributed by atoms with Gasteiger partial charge in [-0.05, 0) is 47.7 Å². The quantitative estimate of drug-likeness (QED) is 0.871. The number of benzene rings is 2. The van der Waals surface area contributed by atoms with Crippen LogP contribution in [0.25, 0.3) is 0 Å². The molecule has 0 saturated heterocycles. The van der Waals surface area contributed by atoms with E-state index in [0.717, 1.165) is 6.42 Å². The lowest BCUT2D eigenvalue weighted by Crippen LogP contribution is -2.17. The van der Waals surface area contributed by atoms with Crippen LogP contribution in [-0.2, 0) is 5.41 Å². The van der Waals surface area contributed by atoms with Crippen molar-refractivity contribution in [2.45, 2.75) is 32.6 Å². The minimum atomic E-state index is -0.566. The fourth-order valence-corrected chi connectivity index (χ4v) is 2.17. The Bertz CT molecular complexity index is 693. The molecule has 0 aliphatic rings. The summed E-state index contributed by atoms with van der Waals surface area (Å²) in [5.41, 5.74) is 1.57. The maximum absolute atomic E-state index is 14.1. The molecule has 3 nitrogen and oxygen atoms in total. The van der Waals surface area contributed by atoms with E-state index in [-0.39, 0.29) is 22.6 Å². The van der Waals surface area contributed by atoms with Crippen molar-refractivity contribution >= 4 is 5.91 Å². The second kappa shape index (κ2) is 6.82. The van der Waals surface area contributed by atoms with Gasteiger partial charge in [-0.2, -0.15) is 0 Å². The molecule has 0 atom stereocenters. The Morgan fingerprint density at radius 3 is 2.35 bits per heavy atom. The highest BCUT2D eigenvalue weighted by atomic mass is 19.1. The summed E-state index contributed by atoms with van der Waals surface area (Å²) in [6.45, 7) is 6.51. The molecule has 0 aromatic heterocycles. The van der Waals surface area contributed by atoms with Gasteiger partial charge in [0.15, 0.2) is 11.6 Å². The minimum absolute atomic E-state index is 0.0962. The van der Waals surface area contributed by atoms with E-state index in [1.165, 1.54) is 30.8 Å². The molecule has 0 spiro atoms. The molecule has 1 N–H and O–H groups in total. The van der Waals surface area contributed by atoms with Crippen LogP contribution in [0.15, 0.2) is 42.5 Å². The molecular formula is C19H22FNO2. The Morgan fingerprint density at radius 2 is 1.83 bits per heavy atom. The van der Waals surface area contributed by atoms with E-state index in [0.29, 0.717) is 5.75 Å². The first kappa shape index (κ1) is 17.0. The van der Waals surface area contributed by atoms with Crippen LogP contribution in [0.3, 0.4) is 0 Å². The summed E-state index contributed by atoms with van der Waals surface area (Å²) in [6.07, 6.45) is 1.03. The van der Waals surface area contributed by atoms with Crippen LogP contribution < -0.4 is 10.1 Å². The van der Waals surface area contributed by atoms with Gasteiger partial charge in [0.25, 0.3) is 5.91 Å². The molecule has 2 aromatic rings. The highest BCUT2D eigenvalue weighted by Gasteiger charge is 2.18. The molecule has 0 radical (unpaired) electrons. The Kier molecular flexibility index (Phi) is 5.04. The van der Waals surface area contributed by atoms with Crippen molar-refractivity contribution in [3.63, 3.8) is 0 Å². The zero-order chi connectivity index (χ0) is 17.0. The molecule has 2 aromatic carbocycles. The maximum atomic E-state index is 14.1. The van der Waals surface area contributed by atoms with Crippen molar-refractivity contribution in [1.82, 2.24) is 5.32 Å². The van der Waals surface area contributed by atoms with Crippen LogP contribution >= 0.6 is 0 Å². The van der Waals surface area contributed by atoms with Crippen molar-refractivity contribution < 1.29 is 13.9 Å². The van der Waals surface area contributed by atoms with Gasteiger partial charge in [-0.3, -0.25) is 4.79 Å². The van der Waals surface area contributed by atoms with E-state index in [2.05, 4.69) is 26.1 Å². The molecule has 0 saturated carbocycles. The van der Waals surface area contributed by atoms with Crippen LogP contribution in [-0.4, -0.2) is 13.0 Å². The molecule has 1 amide bonds. The first-order valence-corrected chi connectivity index (χ1v) is 7.67. The van der Waals surface area contributed by atoms with Crippen molar-refractivity contribution in [2.75, 3.05) is 7.05 Å². The van der Waals surface area contributed by atoms with Gasteiger partial charge in [0.1, 0.15) is 5.75 Å². The van der Waals surface area contributed by atoms with Gasteiger partial charge in [0.05, 0.1) is 0 Å². The van der Waals surface area contributed by atoms with Gasteiger partial charge in [-0.15, -0.1) is 0 Å². The Balaban J connectivity index is 2.18. The molecule has 0 bridgehead atoms. The van der Waals surface area contributed by atoms with Crippen LogP contribution in [0.4, 0.5) is 4.39 Å². The molecule has 4 heteroatoms. The summed E-state index contributed by atoms with van der Waals surface area (Å²) in [7, 11) is 1.50. The van der Waals surface area contributed by atoms with Gasteiger partial charge in [0.2, 0.25) is 0 Å². The van der Waals surface area contributed by atoms with Gasteiger partial charge in [-0.25, -0.2) is 4.39 Å². The topological polar surface area (TPSA) is 38.3 Å². The van der Waals surface area contributed by atoms with Crippen molar-refractivity contribution in [1.29, 1.82) is 0 Å². The number of nitrogens with one attached hydrogen (secondary N) is 1. The highest BCUT2D eigenvalue weighted by Crippen LogP contribution is 2.30. The smallest absolute Gasteiger partial charge is 0.251 e. The van der Waals surface area contributed by atoms with Gasteiger partial charge < -0.3 is 10.1 Å². The largest absolute Gasteiger partial charge is 0.454 e. The number of hydrogen-bond donors (Lipinski definition) is 1. The average molecular weight is 315 g/mol. The maximum Gasteiger partial charge on any atom is 0.251 e. The van der Waals surface area contributed by atoms with Gasteiger partial charge >= 0.3 is 0 Å². The van der Waals surface area contributed by atoms with E-state index in [1.54, 1.807) is 0 Å². The predicted molar refractivity (Wildman–Crippen MR) is 89.6 cm³/mol. The minimum Gasteiger partial charge on any atom is -0.454 e. The zero-order valence-corrected chi connectivity index (χ0v) is 13.9. The number of carbonyl (C=O) groups is 1. The second-order valence-corrected chi connectivity index (χ2v) is 6.09. The van der Waals surface area contributed by atoms with E-state index >= 15 is 0 Å². The van der Waals surface area contributed by atoms with E-state index < -0.39 is 5.82 Å². The second-order valence-electron chi connectivity index (χ2n) is 6.09. The van der Waals surface area contributed by atoms with Crippen molar-refractivity contribution in [3.8, 4) is 11.5 Å². The number of amides is 1. The summed E-state index contributed by atoms with van der Waals surface area (Å²) < 4.78 is 19.6. The van der Waals surface area contributed by atoms with Crippen LogP contribution in [0.5, 0.6) is 11.5 Å². The summed E-state index contributed by atoms with van der Waals surface area (Å²) in [4.78, 5) is 11.5. The fourth-order valence-electron chi connectivity index (χ4n) is 2.17. The number of carbonyl (C=O) groups excluding carboxylic acids is 1. The van der Waals surface area contributed by atoms with E-state index in [9.17, 15) is 9.18 Å². The first-order chi connectivity index (χ1) is 10.9. The molecule has 0 fully saturated rings. The Hall–Kier alpha value is -2.36. The third kappa shape index (κ3) is 3.89. The molecule has 0 aliphatic heterocycles. The standard InChI is InChI=1S/C19H22FNO2/c1-5-19(2,3)14-7-9-15(10-8-14)23-17-11-6-13(12-16(17)20)18(22)21-4/h6-12H,5H2,1-4H3,(H,21,22). The predicted octanol–water partition coefficient (Wildman–Crippen LogP) is 4.67. The lowest BCUT2D eigenvalue weighted by molar-refractivity contribution is 0.0962. The summed E-state index contributed by atoms with van der Waals surface area (Å²) >= 11 is 0. The van der Waals surface area contributed by atoms with E-state index in [1.807, 2.05) is 24.3 Å². The normalized spacial score (nSPS) is 11.2. The number of rotatable bonds is 5. The third-order valence-electron chi connectivity index (χ3n) is 4.17. The molecule has 2 rings (SSSR count). The molecule has 0 aliphatic carbocycles. The average Bonchev–Trinajstić information content (AvgIpc) is 2.56. The van der Waals surface area contributed by atoms with Gasteiger partial charge in [-0.1, -0.05) is 32.9 Å². The SMILES string of the molecule is CCC(C)(C)c1ccc(Oc2ccc(C(=O)NC)cc2F)cc1. The molecule has 122 valence electrons. The highest BCUT2D eigenvalue weighted by molar-refractivity contribution is 5.94. The van der Waals surface area contributed by atoms with Crippen molar-refractivity contribution in [3.05, 3.63) is 59.4 Å². The monoisotopic (exact) mass is 315 g/mol. The van der Waals surface area contributed by atoms with Crippen LogP contribution in [0, 0.1) is 5.82 Å². The fraction of sp³-hybridized carbons (Fsp3) is 0.316. The number of ether oxygens (including phenoxy) is 1. The Morgan fingerprint density at radius 1 is 1.17 bits per heavy atom. The van der Waals surface area contributed by atoms with Crippen LogP contribution in [0.2, 0.25) is 0 Å². The molecule has 23 heavy (non-hydrogen) atoms. The third-order valence-corrected chi connectivity index (χ3v) is 4.17. The summed E-state index contributed by atoms with van der Waals surface area (Å²) in [5, 5.41) is 2.46. The van der Waals surface area contributed by atoms with E-state index in [4.69, 9.17) is 4.74 Å². The number of hydrogen-bond acceptors (Lipinski definition) is 2. The summed E-state index contributed by atoms with van der Waals surface area (Å²) in [5.74, 6) is -0.238. The summed E-state index contributed by atoms with van der Waals surface area (Å²) in [6, 6.07) is 11.8. The van der Waals surface area contributed by atoms with Crippen molar-refractivity contribution in [2.24, 2.45) is 0 Å². The zero-order valence-electron chi connectivity index (χ0n) is 13.9. The van der Waals surface area contributed by atoms with Gasteiger partial charge in [0, 0.05) is 12.6 Å². The Labute approximate surface area is 136 Å². The van der Waals surface area contributed by atoms with Crippen LogP contribution in [0.1, 0.15) is 43.1 Å². The molecule has 0 unspecified atom stereocenters. The molecular weight excluding hydrogens is 293 g/mol. The lowest BCUT2D eigenvalue weighted by Gasteiger charge is -2.23. The lowest BCUT2D eigenvalue weighted by atomic mass is 9.82. The first-order valence-electron chi connectivity index (χ1n) is 7.67.